The van der Waals surface area contributed by atoms with Crippen LogP contribution in [0.3, 0.4) is 0 Å². The van der Waals surface area contributed by atoms with Gasteiger partial charge in [0.2, 0.25) is 0 Å². The molecule has 1 aliphatic rings. The number of amides is 1. The summed E-state index contributed by atoms with van der Waals surface area (Å²) in [6.07, 6.45) is 1.99. The van der Waals surface area contributed by atoms with E-state index in [9.17, 15) is 14.9 Å². The number of nitrogens with one attached hydrogen (secondary N) is 1. The van der Waals surface area contributed by atoms with Gasteiger partial charge in [-0.1, -0.05) is 5.10 Å². The Labute approximate surface area is 109 Å². The van der Waals surface area contributed by atoms with E-state index in [0.29, 0.717) is 12.2 Å². The van der Waals surface area contributed by atoms with Gasteiger partial charge in [0.25, 0.3) is 5.91 Å². The van der Waals surface area contributed by atoms with Crippen molar-refractivity contribution >= 4 is 11.7 Å². The average Bonchev–Trinajstić information content (AvgIpc) is 2.96. The number of hydrogen-bond acceptors (Lipinski definition) is 5. The number of ether oxygens (including phenoxy) is 1. The van der Waals surface area contributed by atoms with Gasteiger partial charge >= 0.3 is 5.82 Å². The summed E-state index contributed by atoms with van der Waals surface area (Å²) in [6.45, 7) is 2.65. The maximum atomic E-state index is 11.7. The van der Waals surface area contributed by atoms with Gasteiger partial charge in [0.1, 0.15) is 0 Å². The van der Waals surface area contributed by atoms with E-state index >= 15 is 0 Å². The molecule has 1 aromatic rings. The van der Waals surface area contributed by atoms with Crippen molar-refractivity contribution in [3.63, 3.8) is 0 Å². The lowest BCUT2D eigenvalue weighted by atomic mass is 10.2. The predicted molar refractivity (Wildman–Crippen MR) is 65.6 cm³/mol. The van der Waals surface area contributed by atoms with Crippen LogP contribution in [0.1, 0.15) is 18.5 Å². The lowest BCUT2D eigenvalue weighted by Crippen LogP contribution is -2.34. The molecule has 0 bridgehead atoms. The summed E-state index contributed by atoms with van der Waals surface area (Å²) < 4.78 is 6.47. The van der Waals surface area contributed by atoms with Gasteiger partial charge in [-0.15, -0.1) is 4.68 Å². The minimum Gasteiger partial charge on any atom is -0.376 e. The molecule has 0 spiro atoms. The molecule has 1 fully saturated rings. The number of carbonyl (C=O) groups is 1. The van der Waals surface area contributed by atoms with Crippen molar-refractivity contribution in [3.8, 4) is 0 Å². The summed E-state index contributed by atoms with van der Waals surface area (Å²) in [7, 11) is 0. The van der Waals surface area contributed by atoms with Crippen LogP contribution < -0.4 is 5.32 Å². The van der Waals surface area contributed by atoms with Gasteiger partial charge in [-0.05, 0) is 24.7 Å². The topological polar surface area (TPSA) is 99.3 Å². The lowest BCUT2D eigenvalue weighted by Gasteiger charge is -2.09. The summed E-state index contributed by atoms with van der Waals surface area (Å²) in [5, 5.41) is 17.4. The van der Waals surface area contributed by atoms with Crippen LogP contribution in [0, 0.1) is 17.0 Å². The zero-order valence-electron chi connectivity index (χ0n) is 10.7. The summed E-state index contributed by atoms with van der Waals surface area (Å²) >= 11 is 0. The number of aromatic nitrogens is 2. The van der Waals surface area contributed by atoms with Gasteiger partial charge < -0.3 is 20.2 Å². The van der Waals surface area contributed by atoms with Crippen LogP contribution in [0.4, 0.5) is 5.82 Å². The third kappa shape index (κ3) is 3.50. The standard InChI is InChI=1S/C11H16N4O4/c1-8-5-11(15(17)18)14(13-8)7-10(16)12-6-9-3-2-4-19-9/h5,9H,2-4,6-7H2,1H3,(H,12,16). The van der Waals surface area contributed by atoms with Gasteiger partial charge in [-0.3, -0.25) is 4.79 Å². The molecule has 1 saturated heterocycles. The van der Waals surface area contributed by atoms with Gasteiger partial charge in [-0.25, -0.2) is 0 Å². The van der Waals surface area contributed by atoms with E-state index < -0.39 is 4.92 Å². The quantitative estimate of drug-likeness (QED) is 0.615. The fourth-order valence-electron chi connectivity index (χ4n) is 2.02. The monoisotopic (exact) mass is 268 g/mol. The molecule has 2 rings (SSSR count). The first-order chi connectivity index (χ1) is 9.06. The Kier molecular flexibility index (Phi) is 4.10. The lowest BCUT2D eigenvalue weighted by molar-refractivity contribution is -0.392. The number of aryl methyl sites for hydroxylation is 1. The summed E-state index contributed by atoms with van der Waals surface area (Å²) in [5.41, 5.74) is 0.513. The van der Waals surface area contributed by atoms with E-state index in [4.69, 9.17) is 4.74 Å². The second-order valence-corrected chi connectivity index (χ2v) is 4.50. The number of rotatable bonds is 5. The smallest absolute Gasteiger partial charge is 0.345 e. The maximum absolute atomic E-state index is 11.7. The van der Waals surface area contributed by atoms with Crippen LogP contribution in [0.2, 0.25) is 0 Å². The average molecular weight is 268 g/mol. The zero-order valence-corrected chi connectivity index (χ0v) is 10.7. The third-order valence-corrected chi connectivity index (χ3v) is 2.91. The highest BCUT2D eigenvalue weighted by molar-refractivity contribution is 5.75. The van der Waals surface area contributed by atoms with Crippen LogP contribution in [0.25, 0.3) is 0 Å². The van der Waals surface area contributed by atoms with Gasteiger partial charge in [-0.2, -0.15) is 0 Å². The van der Waals surface area contributed by atoms with Crippen LogP contribution in [0.5, 0.6) is 0 Å². The molecule has 1 atom stereocenters. The molecule has 0 aromatic carbocycles. The first-order valence-corrected chi connectivity index (χ1v) is 6.13. The molecule has 8 heteroatoms. The summed E-state index contributed by atoms with van der Waals surface area (Å²) in [5.74, 6) is -0.480. The normalized spacial score (nSPS) is 18.5. The van der Waals surface area contributed by atoms with Crippen molar-refractivity contribution in [1.82, 2.24) is 15.1 Å². The first kappa shape index (κ1) is 13.5. The molecule has 1 N–H and O–H groups in total. The molecule has 8 nitrogen and oxygen atoms in total. The van der Waals surface area contributed by atoms with E-state index in [1.165, 1.54) is 6.07 Å². The third-order valence-electron chi connectivity index (χ3n) is 2.91. The van der Waals surface area contributed by atoms with Crippen LogP contribution in [-0.2, 0) is 16.1 Å². The molecule has 0 radical (unpaired) electrons. The predicted octanol–water partition coefficient (Wildman–Crippen LogP) is 0.395. The minimum atomic E-state index is -0.548. The first-order valence-electron chi connectivity index (χ1n) is 6.13. The van der Waals surface area contributed by atoms with Crippen LogP contribution >= 0.6 is 0 Å². The van der Waals surface area contributed by atoms with Crippen LogP contribution in [-0.4, -0.2) is 39.9 Å². The van der Waals surface area contributed by atoms with E-state index in [1.54, 1.807) is 6.92 Å². The fraction of sp³-hybridized carbons (Fsp3) is 0.636. The molecular weight excluding hydrogens is 252 g/mol. The molecule has 104 valence electrons. The molecule has 2 heterocycles. The van der Waals surface area contributed by atoms with Crippen molar-refractivity contribution in [2.45, 2.75) is 32.4 Å². The van der Waals surface area contributed by atoms with E-state index in [0.717, 1.165) is 24.1 Å². The van der Waals surface area contributed by atoms with Crippen molar-refractivity contribution in [3.05, 3.63) is 21.9 Å². The Morgan fingerprint density at radius 3 is 3.16 bits per heavy atom. The molecule has 1 amide bonds. The van der Waals surface area contributed by atoms with Gasteiger partial charge in [0, 0.05) is 13.2 Å². The van der Waals surface area contributed by atoms with Crippen molar-refractivity contribution < 1.29 is 14.5 Å². The number of nitrogens with zero attached hydrogens (tertiary/aromatic N) is 3. The minimum absolute atomic E-state index is 0.0540. The largest absolute Gasteiger partial charge is 0.376 e. The fourth-order valence-corrected chi connectivity index (χ4v) is 2.02. The molecule has 1 unspecified atom stereocenters. The van der Waals surface area contributed by atoms with E-state index in [1.807, 2.05) is 0 Å². The Hall–Kier alpha value is -1.96. The molecule has 0 saturated carbocycles. The highest BCUT2D eigenvalue weighted by atomic mass is 16.6. The SMILES string of the molecule is Cc1cc([N+](=O)[O-])n(CC(=O)NCC2CCCO2)n1. The Morgan fingerprint density at radius 1 is 1.74 bits per heavy atom. The highest BCUT2D eigenvalue weighted by Gasteiger charge is 2.21. The van der Waals surface area contributed by atoms with Crippen molar-refractivity contribution in [2.24, 2.45) is 0 Å². The molecule has 1 aliphatic heterocycles. The highest BCUT2D eigenvalue weighted by Crippen LogP contribution is 2.13. The second-order valence-electron chi connectivity index (χ2n) is 4.50. The van der Waals surface area contributed by atoms with Gasteiger partial charge in [0.15, 0.2) is 6.54 Å². The Balaban J connectivity index is 1.89. The molecule has 19 heavy (non-hydrogen) atoms. The van der Waals surface area contributed by atoms with E-state index in [-0.39, 0.29) is 24.4 Å². The van der Waals surface area contributed by atoms with Gasteiger partial charge in [0.05, 0.1) is 17.9 Å². The maximum Gasteiger partial charge on any atom is 0.345 e. The summed E-state index contributed by atoms with van der Waals surface area (Å²) in [6, 6.07) is 1.34. The Bertz CT molecular complexity index is 479. The van der Waals surface area contributed by atoms with E-state index in [2.05, 4.69) is 10.4 Å². The number of nitro groups is 1. The second kappa shape index (κ2) is 5.79. The van der Waals surface area contributed by atoms with Crippen molar-refractivity contribution in [1.29, 1.82) is 0 Å². The molecule has 1 aromatic heterocycles. The molecule has 0 aliphatic carbocycles. The molecular formula is C11H16N4O4. The zero-order chi connectivity index (χ0) is 13.8. The number of carbonyl (C=O) groups excluding carboxylic acids is 1. The van der Waals surface area contributed by atoms with Crippen molar-refractivity contribution in [2.75, 3.05) is 13.2 Å². The van der Waals surface area contributed by atoms with Crippen LogP contribution in [0.15, 0.2) is 6.07 Å². The summed E-state index contributed by atoms with van der Waals surface area (Å²) in [4.78, 5) is 21.9. The number of hydrogen-bond donors (Lipinski definition) is 1. The Morgan fingerprint density at radius 2 is 2.53 bits per heavy atom.